The van der Waals surface area contributed by atoms with Crippen molar-refractivity contribution in [1.82, 2.24) is 4.98 Å². The second-order valence-electron chi connectivity index (χ2n) is 6.48. The number of anilines is 1. The van der Waals surface area contributed by atoms with Crippen molar-refractivity contribution in [2.45, 2.75) is 6.92 Å². The number of aryl methyl sites for hydroxylation is 1. The molecule has 0 saturated heterocycles. The Labute approximate surface area is 189 Å². The second-order valence-corrected chi connectivity index (χ2v) is 8.58. The Morgan fingerprint density at radius 2 is 2.03 bits per heavy atom. The van der Waals surface area contributed by atoms with Crippen molar-refractivity contribution in [2.75, 3.05) is 11.9 Å². The number of fused-ring (bicyclic) bond motifs is 1. The summed E-state index contributed by atoms with van der Waals surface area (Å²) in [7, 11) is 0. The van der Waals surface area contributed by atoms with Crippen molar-refractivity contribution in [3.8, 4) is 17.2 Å². The molecule has 7 heteroatoms. The third-order valence-corrected chi connectivity index (χ3v) is 5.55. The molecule has 0 saturated carbocycles. The highest BCUT2D eigenvalue weighted by atomic mass is 127. The van der Waals surface area contributed by atoms with Gasteiger partial charge in [-0.2, -0.15) is 0 Å². The Morgan fingerprint density at radius 1 is 1.17 bits per heavy atom. The molecule has 4 aromatic rings. The summed E-state index contributed by atoms with van der Waals surface area (Å²) >= 11 is 5.79. The van der Waals surface area contributed by atoms with Crippen molar-refractivity contribution in [3.05, 3.63) is 74.3 Å². The normalized spacial score (nSPS) is 10.9. The van der Waals surface area contributed by atoms with Gasteiger partial charge < -0.3 is 14.5 Å². The smallest absolute Gasteiger partial charge is 0.262 e. The van der Waals surface area contributed by atoms with E-state index in [9.17, 15) is 4.79 Å². The second kappa shape index (κ2) is 8.54. The monoisotopic (exact) mass is 562 g/mol. The minimum atomic E-state index is -0.241. The zero-order valence-corrected chi connectivity index (χ0v) is 19.2. The SMILES string of the molecule is Cc1cccc(OCC(=O)Nc2ccc3oc(-c4cc(I)ccc4Br)nc3c2)c1. The number of halogens is 2. The number of nitrogens with one attached hydrogen (secondary N) is 1. The van der Waals surface area contributed by atoms with Gasteiger partial charge in [0.2, 0.25) is 5.89 Å². The van der Waals surface area contributed by atoms with Gasteiger partial charge in [0, 0.05) is 13.7 Å². The van der Waals surface area contributed by atoms with Crippen molar-refractivity contribution < 1.29 is 13.9 Å². The Morgan fingerprint density at radius 3 is 2.86 bits per heavy atom. The van der Waals surface area contributed by atoms with E-state index in [0.717, 1.165) is 19.2 Å². The Bertz CT molecular complexity index is 1210. The van der Waals surface area contributed by atoms with Crippen LogP contribution in [0.15, 0.2) is 69.6 Å². The molecule has 1 heterocycles. The lowest BCUT2D eigenvalue weighted by Gasteiger charge is -2.08. The van der Waals surface area contributed by atoms with Crippen LogP contribution in [0, 0.1) is 10.5 Å². The van der Waals surface area contributed by atoms with E-state index in [1.165, 1.54) is 0 Å². The largest absolute Gasteiger partial charge is 0.484 e. The number of benzene rings is 3. The van der Waals surface area contributed by atoms with E-state index < -0.39 is 0 Å². The first-order valence-corrected chi connectivity index (χ1v) is 10.7. The number of carbonyl (C=O) groups is 1. The predicted octanol–water partition coefficient (Wildman–Crippen LogP) is 6.19. The molecule has 0 aliphatic heterocycles. The molecule has 0 bridgehead atoms. The van der Waals surface area contributed by atoms with Gasteiger partial charge in [-0.3, -0.25) is 4.79 Å². The minimum absolute atomic E-state index is 0.0685. The zero-order valence-electron chi connectivity index (χ0n) is 15.4. The molecule has 1 aromatic heterocycles. The molecular formula is C22H16BrIN2O3. The van der Waals surface area contributed by atoms with Gasteiger partial charge in [-0.1, -0.05) is 12.1 Å². The molecule has 0 radical (unpaired) electrons. The van der Waals surface area contributed by atoms with Gasteiger partial charge in [0.1, 0.15) is 11.3 Å². The van der Waals surface area contributed by atoms with E-state index in [1.54, 1.807) is 18.2 Å². The number of oxazole rings is 1. The van der Waals surface area contributed by atoms with Crippen LogP contribution in [0.3, 0.4) is 0 Å². The number of ether oxygens (including phenoxy) is 1. The summed E-state index contributed by atoms with van der Waals surface area (Å²) < 4.78 is 13.4. The average Bonchev–Trinajstić information content (AvgIpc) is 3.11. The first kappa shape index (κ1) is 19.9. The summed E-state index contributed by atoms with van der Waals surface area (Å²) in [6.07, 6.45) is 0. The fourth-order valence-corrected chi connectivity index (χ4v) is 3.74. The highest BCUT2D eigenvalue weighted by Crippen LogP contribution is 2.32. The summed E-state index contributed by atoms with van der Waals surface area (Å²) in [5.41, 5.74) is 3.92. The van der Waals surface area contributed by atoms with E-state index in [4.69, 9.17) is 9.15 Å². The summed E-state index contributed by atoms with van der Waals surface area (Å²) in [6.45, 7) is 1.91. The molecule has 1 N–H and O–H groups in total. The summed E-state index contributed by atoms with van der Waals surface area (Å²) in [5.74, 6) is 0.950. The predicted molar refractivity (Wildman–Crippen MR) is 125 cm³/mol. The molecule has 0 atom stereocenters. The van der Waals surface area contributed by atoms with E-state index >= 15 is 0 Å². The Kier molecular flexibility index (Phi) is 5.86. The van der Waals surface area contributed by atoms with Gasteiger partial charge in [-0.25, -0.2) is 4.98 Å². The van der Waals surface area contributed by atoms with Crippen LogP contribution >= 0.6 is 38.5 Å². The minimum Gasteiger partial charge on any atom is -0.484 e. The standard InChI is InChI=1S/C22H16BrIN2O3/c1-13-3-2-4-16(9-13)28-12-21(27)25-15-6-8-20-19(11-15)26-22(29-20)17-10-14(24)5-7-18(17)23/h2-11H,12H2,1H3,(H,25,27). The summed E-state index contributed by atoms with van der Waals surface area (Å²) in [5, 5.41) is 2.83. The van der Waals surface area contributed by atoms with Crippen LogP contribution < -0.4 is 10.1 Å². The molecule has 3 aromatic carbocycles. The average molecular weight is 563 g/mol. The van der Waals surface area contributed by atoms with Crippen molar-refractivity contribution in [2.24, 2.45) is 0 Å². The molecular weight excluding hydrogens is 547 g/mol. The number of carbonyl (C=O) groups excluding carboxylic acids is 1. The number of nitrogens with zero attached hydrogens (tertiary/aromatic N) is 1. The molecule has 0 spiro atoms. The van der Waals surface area contributed by atoms with E-state index in [2.05, 4.69) is 48.8 Å². The fraction of sp³-hybridized carbons (Fsp3) is 0.0909. The van der Waals surface area contributed by atoms with Gasteiger partial charge >= 0.3 is 0 Å². The highest BCUT2D eigenvalue weighted by Gasteiger charge is 2.13. The number of aromatic nitrogens is 1. The molecule has 0 aliphatic rings. The van der Waals surface area contributed by atoms with Crippen LogP contribution in [0.2, 0.25) is 0 Å². The van der Waals surface area contributed by atoms with Gasteiger partial charge in [0.05, 0.1) is 5.56 Å². The topological polar surface area (TPSA) is 64.4 Å². The Balaban J connectivity index is 1.48. The summed E-state index contributed by atoms with van der Waals surface area (Å²) in [4.78, 5) is 16.8. The summed E-state index contributed by atoms with van der Waals surface area (Å²) in [6, 6.07) is 18.9. The molecule has 146 valence electrons. The van der Waals surface area contributed by atoms with Gasteiger partial charge in [0.25, 0.3) is 5.91 Å². The first-order valence-electron chi connectivity index (χ1n) is 8.83. The van der Waals surface area contributed by atoms with Crippen LogP contribution in [0.4, 0.5) is 5.69 Å². The molecule has 0 fully saturated rings. The van der Waals surface area contributed by atoms with Crippen molar-refractivity contribution in [1.29, 1.82) is 0 Å². The third kappa shape index (κ3) is 4.79. The molecule has 0 unspecified atom stereocenters. The number of rotatable bonds is 5. The lowest BCUT2D eigenvalue weighted by atomic mass is 10.2. The van der Waals surface area contributed by atoms with Crippen LogP contribution in [0.1, 0.15) is 5.56 Å². The molecule has 4 rings (SSSR count). The maximum atomic E-state index is 12.2. The lowest BCUT2D eigenvalue weighted by molar-refractivity contribution is -0.118. The quantitative estimate of drug-likeness (QED) is 0.295. The first-order chi connectivity index (χ1) is 14.0. The van der Waals surface area contributed by atoms with Gasteiger partial charge in [-0.15, -0.1) is 0 Å². The van der Waals surface area contributed by atoms with Gasteiger partial charge in [-0.05, 0) is 99.5 Å². The molecule has 5 nitrogen and oxygen atoms in total. The zero-order chi connectivity index (χ0) is 20.4. The van der Waals surface area contributed by atoms with Crippen LogP contribution in [0.5, 0.6) is 5.75 Å². The number of hydrogen-bond donors (Lipinski definition) is 1. The third-order valence-electron chi connectivity index (χ3n) is 4.19. The maximum absolute atomic E-state index is 12.2. The molecule has 29 heavy (non-hydrogen) atoms. The van der Waals surface area contributed by atoms with Crippen LogP contribution in [-0.2, 0) is 4.79 Å². The van der Waals surface area contributed by atoms with Crippen molar-refractivity contribution in [3.63, 3.8) is 0 Å². The van der Waals surface area contributed by atoms with E-state index in [-0.39, 0.29) is 12.5 Å². The van der Waals surface area contributed by atoms with Crippen LogP contribution in [0.25, 0.3) is 22.6 Å². The van der Waals surface area contributed by atoms with E-state index in [1.807, 2.05) is 49.4 Å². The van der Waals surface area contributed by atoms with Crippen molar-refractivity contribution >= 4 is 61.2 Å². The Hall–Kier alpha value is -2.39. The number of hydrogen-bond acceptors (Lipinski definition) is 4. The number of amides is 1. The van der Waals surface area contributed by atoms with E-state index in [0.29, 0.717) is 28.4 Å². The van der Waals surface area contributed by atoms with Crippen LogP contribution in [-0.4, -0.2) is 17.5 Å². The fourth-order valence-electron chi connectivity index (χ4n) is 2.83. The molecule has 0 aliphatic carbocycles. The highest BCUT2D eigenvalue weighted by molar-refractivity contribution is 14.1. The van der Waals surface area contributed by atoms with Gasteiger partial charge in [0.15, 0.2) is 12.2 Å². The lowest BCUT2D eigenvalue weighted by Crippen LogP contribution is -2.20. The molecule has 1 amide bonds. The maximum Gasteiger partial charge on any atom is 0.262 e.